The van der Waals surface area contributed by atoms with E-state index in [1.165, 1.54) is 12.1 Å². The van der Waals surface area contributed by atoms with Gasteiger partial charge in [-0.05, 0) is 86.5 Å². The molecule has 0 radical (unpaired) electrons. The number of nitrogens with one attached hydrogen (secondary N) is 2. The van der Waals surface area contributed by atoms with Gasteiger partial charge in [-0.1, -0.05) is 18.2 Å². The monoisotopic (exact) mass is 590 g/mol. The number of rotatable bonds is 8. The fraction of sp³-hybridized carbons (Fsp3) is 0.517. The maximum Gasteiger partial charge on any atom is 0.393 e. The number of sulfonamides is 1. The minimum absolute atomic E-state index is 0.0425. The molecule has 5 rings (SSSR count). The molecule has 2 saturated heterocycles. The van der Waals surface area contributed by atoms with Crippen molar-refractivity contribution < 1.29 is 21.6 Å². The topological polar surface area (TPSA) is 90.5 Å². The molecule has 8 nitrogen and oxygen atoms in total. The molecule has 0 saturated carbocycles. The third-order valence-electron chi connectivity index (χ3n) is 8.42. The van der Waals surface area contributed by atoms with Gasteiger partial charge in [-0.3, -0.25) is 9.62 Å². The molecule has 222 valence electrons. The quantitative estimate of drug-likeness (QED) is 0.362. The number of likely N-dealkylation sites (tertiary alicyclic amines) is 1. The number of aromatic nitrogens is 2. The van der Waals surface area contributed by atoms with Crippen LogP contribution in [0.3, 0.4) is 0 Å². The Hall–Kier alpha value is -3.12. The molecule has 1 spiro atoms. The zero-order valence-electron chi connectivity index (χ0n) is 23.5. The predicted octanol–water partition coefficient (Wildman–Crippen LogP) is 5.42. The van der Waals surface area contributed by atoms with Crippen LogP contribution in [-0.2, 0) is 23.0 Å². The number of alkyl halides is 3. The van der Waals surface area contributed by atoms with Crippen LogP contribution in [0.1, 0.15) is 43.7 Å². The summed E-state index contributed by atoms with van der Waals surface area (Å²) in [6.45, 7) is 6.14. The molecule has 0 bridgehead atoms. The highest BCUT2D eigenvalue weighted by molar-refractivity contribution is 7.92. The molecule has 0 atom stereocenters. The molecular weight excluding hydrogens is 553 g/mol. The normalized spacial score (nSPS) is 18.1. The number of hydrogen-bond donors (Lipinski definition) is 2. The average Bonchev–Trinajstić information content (AvgIpc) is 2.94. The highest BCUT2D eigenvalue weighted by Crippen LogP contribution is 2.43. The summed E-state index contributed by atoms with van der Waals surface area (Å²) in [5.74, 6) is 1.22. The lowest BCUT2D eigenvalue weighted by Crippen LogP contribution is -2.47. The molecular formula is C29H37F3N6O2S. The van der Waals surface area contributed by atoms with Gasteiger partial charge >= 0.3 is 6.18 Å². The fourth-order valence-corrected chi connectivity index (χ4v) is 6.56. The first-order valence-corrected chi connectivity index (χ1v) is 15.7. The third-order valence-corrected chi connectivity index (χ3v) is 9.73. The van der Waals surface area contributed by atoms with Gasteiger partial charge in [-0.25, -0.2) is 13.4 Å². The van der Waals surface area contributed by atoms with Gasteiger partial charge in [0.05, 0.1) is 17.7 Å². The SMILES string of the molecule is CCS(=O)(=O)Nc1ccc(CN2CCC3(CC2)CCN(c2nc(NC)nc4cc(CC(F)(F)F)ccc24)CC3)cc1. The molecule has 0 amide bonds. The van der Waals surface area contributed by atoms with Gasteiger partial charge in [0, 0.05) is 37.8 Å². The lowest BCUT2D eigenvalue weighted by atomic mass is 9.71. The maximum atomic E-state index is 13.0. The zero-order valence-corrected chi connectivity index (χ0v) is 24.3. The van der Waals surface area contributed by atoms with Gasteiger partial charge in [0.1, 0.15) is 5.82 Å². The van der Waals surface area contributed by atoms with Crippen LogP contribution < -0.4 is 14.9 Å². The summed E-state index contributed by atoms with van der Waals surface area (Å²) < 4.78 is 65.1. The van der Waals surface area contributed by atoms with Crippen LogP contribution in [0.25, 0.3) is 10.9 Å². The Morgan fingerprint density at radius 2 is 1.56 bits per heavy atom. The number of halogens is 3. The van der Waals surface area contributed by atoms with Crippen LogP contribution in [0.15, 0.2) is 42.5 Å². The van der Waals surface area contributed by atoms with Crippen molar-refractivity contribution in [3.05, 3.63) is 53.6 Å². The number of benzene rings is 2. The van der Waals surface area contributed by atoms with Gasteiger partial charge in [0.15, 0.2) is 0 Å². The van der Waals surface area contributed by atoms with E-state index in [1.807, 2.05) is 24.3 Å². The van der Waals surface area contributed by atoms with E-state index in [0.717, 1.165) is 75.2 Å². The number of nitrogens with zero attached hydrogens (tertiary/aromatic N) is 4. The van der Waals surface area contributed by atoms with Crippen molar-refractivity contribution in [3.8, 4) is 0 Å². The lowest BCUT2D eigenvalue weighted by molar-refractivity contribution is -0.127. The number of hydrogen-bond acceptors (Lipinski definition) is 7. The van der Waals surface area contributed by atoms with E-state index < -0.39 is 22.6 Å². The van der Waals surface area contributed by atoms with E-state index in [2.05, 4.69) is 24.8 Å². The zero-order chi connectivity index (χ0) is 29.3. The molecule has 3 heterocycles. The minimum atomic E-state index is -4.27. The molecule has 41 heavy (non-hydrogen) atoms. The van der Waals surface area contributed by atoms with Crippen LogP contribution >= 0.6 is 0 Å². The Morgan fingerprint density at radius 1 is 0.927 bits per heavy atom. The van der Waals surface area contributed by atoms with Crippen molar-refractivity contribution in [2.45, 2.75) is 51.7 Å². The van der Waals surface area contributed by atoms with Crippen LogP contribution in [-0.4, -0.2) is 68.4 Å². The molecule has 0 aliphatic carbocycles. The number of fused-ring (bicyclic) bond motifs is 1. The van der Waals surface area contributed by atoms with Crippen molar-refractivity contribution in [1.29, 1.82) is 0 Å². The standard InChI is InChI=1S/C29H37F3N6O2S/c1-3-41(39,40)36-23-7-4-21(5-8-23)20-37-14-10-28(11-15-37)12-16-38(17-13-28)26-24-9-6-22(19-29(30,31)32)18-25(24)34-27(33-2)35-26/h4-9,18,36H,3,10-17,19-20H2,1-2H3,(H,33,34,35). The first-order valence-electron chi connectivity index (χ1n) is 14.1. The second-order valence-electron chi connectivity index (χ2n) is 11.2. The molecule has 3 aromatic rings. The van der Waals surface area contributed by atoms with Crippen molar-refractivity contribution in [2.75, 3.05) is 53.9 Å². The van der Waals surface area contributed by atoms with Crippen LogP contribution in [0.2, 0.25) is 0 Å². The van der Waals surface area contributed by atoms with Crippen LogP contribution in [0.4, 0.5) is 30.6 Å². The number of anilines is 3. The largest absolute Gasteiger partial charge is 0.393 e. The Balaban J connectivity index is 1.19. The van der Waals surface area contributed by atoms with Crippen molar-refractivity contribution in [1.82, 2.24) is 14.9 Å². The second-order valence-corrected chi connectivity index (χ2v) is 13.2. The fourth-order valence-electron chi connectivity index (χ4n) is 5.92. The first-order chi connectivity index (χ1) is 19.5. The summed E-state index contributed by atoms with van der Waals surface area (Å²) >= 11 is 0. The highest BCUT2D eigenvalue weighted by atomic mass is 32.2. The summed E-state index contributed by atoms with van der Waals surface area (Å²) in [5, 5.41) is 3.73. The van der Waals surface area contributed by atoms with E-state index in [-0.39, 0.29) is 16.7 Å². The predicted molar refractivity (Wildman–Crippen MR) is 157 cm³/mol. The maximum absolute atomic E-state index is 13.0. The third kappa shape index (κ3) is 7.21. The van der Waals surface area contributed by atoms with E-state index in [1.54, 1.807) is 20.0 Å². The summed E-state index contributed by atoms with van der Waals surface area (Å²) in [5.41, 5.74) is 2.73. The summed E-state index contributed by atoms with van der Waals surface area (Å²) in [6.07, 6.45) is -0.940. The molecule has 0 unspecified atom stereocenters. The first kappa shape index (κ1) is 29.4. The van der Waals surface area contributed by atoms with E-state index >= 15 is 0 Å². The Bertz CT molecular complexity index is 1460. The molecule has 12 heteroatoms. The van der Waals surface area contributed by atoms with Gasteiger partial charge in [-0.2, -0.15) is 18.2 Å². The van der Waals surface area contributed by atoms with Crippen molar-refractivity contribution in [2.24, 2.45) is 5.41 Å². The minimum Gasteiger partial charge on any atom is -0.357 e. The molecule has 2 N–H and O–H groups in total. The Morgan fingerprint density at radius 3 is 2.17 bits per heavy atom. The van der Waals surface area contributed by atoms with Crippen molar-refractivity contribution in [3.63, 3.8) is 0 Å². The lowest BCUT2D eigenvalue weighted by Gasteiger charge is -2.47. The summed E-state index contributed by atoms with van der Waals surface area (Å²) in [7, 11) is -1.57. The van der Waals surface area contributed by atoms with E-state index in [4.69, 9.17) is 4.98 Å². The Labute approximate surface area is 239 Å². The van der Waals surface area contributed by atoms with E-state index in [0.29, 0.717) is 17.2 Å². The highest BCUT2D eigenvalue weighted by Gasteiger charge is 2.38. The molecule has 2 aromatic carbocycles. The summed E-state index contributed by atoms with van der Waals surface area (Å²) in [4.78, 5) is 13.9. The van der Waals surface area contributed by atoms with Gasteiger partial charge in [0.25, 0.3) is 0 Å². The van der Waals surface area contributed by atoms with E-state index in [9.17, 15) is 21.6 Å². The van der Waals surface area contributed by atoms with Gasteiger partial charge < -0.3 is 10.2 Å². The molecule has 1 aromatic heterocycles. The van der Waals surface area contributed by atoms with Crippen LogP contribution in [0, 0.1) is 5.41 Å². The second kappa shape index (κ2) is 11.6. The summed E-state index contributed by atoms with van der Waals surface area (Å²) in [6, 6.07) is 12.4. The van der Waals surface area contributed by atoms with Crippen molar-refractivity contribution >= 4 is 38.4 Å². The smallest absolute Gasteiger partial charge is 0.357 e. The van der Waals surface area contributed by atoms with Gasteiger partial charge in [-0.15, -0.1) is 0 Å². The Kier molecular flexibility index (Phi) is 8.34. The molecule has 2 fully saturated rings. The van der Waals surface area contributed by atoms with Gasteiger partial charge in [0.2, 0.25) is 16.0 Å². The molecule has 2 aliphatic rings. The molecule has 2 aliphatic heterocycles. The van der Waals surface area contributed by atoms with Crippen LogP contribution in [0.5, 0.6) is 0 Å². The average molecular weight is 591 g/mol. The number of piperidine rings is 2.